The van der Waals surface area contributed by atoms with Gasteiger partial charge in [-0.3, -0.25) is 14.9 Å². The van der Waals surface area contributed by atoms with Crippen molar-refractivity contribution in [2.75, 3.05) is 18.4 Å². The van der Waals surface area contributed by atoms with Gasteiger partial charge in [0, 0.05) is 24.5 Å². The second-order valence-electron chi connectivity index (χ2n) is 4.77. The molecule has 0 aliphatic carbocycles. The van der Waals surface area contributed by atoms with E-state index < -0.39 is 4.92 Å². The van der Waals surface area contributed by atoms with Crippen LogP contribution in [0.2, 0.25) is 5.02 Å². The topological polar surface area (TPSA) is 63.4 Å². The highest BCUT2D eigenvalue weighted by atomic mass is 79.9. The highest BCUT2D eigenvalue weighted by Crippen LogP contribution is 2.30. The summed E-state index contributed by atoms with van der Waals surface area (Å²) < 4.78 is 0. The van der Waals surface area contributed by atoms with Crippen molar-refractivity contribution >= 4 is 39.1 Å². The standard InChI is InChI=1S/C13H14BrClN2O3/c14-6-4-9-5-7-16(8-9)13(18)12-10(15)2-1-3-11(12)17(19)20/h1-3,9H,4-8H2. The number of hydrogen-bond donors (Lipinski definition) is 0. The zero-order valence-electron chi connectivity index (χ0n) is 10.7. The molecule has 1 aliphatic heterocycles. The number of carbonyl (C=O) groups excluding carboxylic acids is 1. The van der Waals surface area contributed by atoms with Gasteiger partial charge in [-0.15, -0.1) is 0 Å². The molecule has 0 radical (unpaired) electrons. The summed E-state index contributed by atoms with van der Waals surface area (Å²) >= 11 is 9.37. The van der Waals surface area contributed by atoms with Crippen LogP contribution in [-0.4, -0.2) is 34.2 Å². The number of nitro groups is 1. The molecule has 1 unspecified atom stereocenters. The first-order valence-electron chi connectivity index (χ1n) is 6.32. The van der Waals surface area contributed by atoms with Gasteiger partial charge in [-0.05, 0) is 24.8 Å². The Hall–Kier alpha value is -1.14. The summed E-state index contributed by atoms with van der Waals surface area (Å²) in [4.78, 5) is 24.6. The van der Waals surface area contributed by atoms with Crippen LogP contribution in [0.4, 0.5) is 5.69 Å². The maximum absolute atomic E-state index is 12.5. The molecule has 1 saturated heterocycles. The molecule has 7 heteroatoms. The quantitative estimate of drug-likeness (QED) is 0.468. The largest absolute Gasteiger partial charge is 0.338 e. The van der Waals surface area contributed by atoms with E-state index in [0.717, 1.165) is 18.2 Å². The molecular formula is C13H14BrClN2O3. The van der Waals surface area contributed by atoms with E-state index in [-0.39, 0.29) is 22.2 Å². The van der Waals surface area contributed by atoms with E-state index in [1.807, 2.05) is 0 Å². The van der Waals surface area contributed by atoms with Crippen molar-refractivity contribution < 1.29 is 9.72 Å². The molecule has 1 aromatic carbocycles. The van der Waals surface area contributed by atoms with Crippen LogP contribution in [0, 0.1) is 16.0 Å². The highest BCUT2D eigenvalue weighted by molar-refractivity contribution is 9.09. The van der Waals surface area contributed by atoms with E-state index in [4.69, 9.17) is 11.6 Å². The number of carbonyl (C=O) groups is 1. The minimum absolute atomic E-state index is 0.00124. The fraction of sp³-hybridized carbons (Fsp3) is 0.462. The summed E-state index contributed by atoms with van der Waals surface area (Å²) in [6, 6.07) is 4.30. The molecule has 1 amide bonds. The number of amides is 1. The third-order valence-corrected chi connectivity index (χ3v) is 4.27. The predicted octanol–water partition coefficient (Wildman–Crippen LogP) is 3.50. The molecule has 0 saturated carbocycles. The van der Waals surface area contributed by atoms with Gasteiger partial charge in [-0.25, -0.2) is 0 Å². The Labute approximate surface area is 130 Å². The van der Waals surface area contributed by atoms with Gasteiger partial charge in [-0.1, -0.05) is 33.6 Å². The zero-order chi connectivity index (χ0) is 14.7. The third kappa shape index (κ3) is 3.12. The van der Waals surface area contributed by atoms with Crippen LogP contribution in [0.1, 0.15) is 23.2 Å². The van der Waals surface area contributed by atoms with Crippen molar-refractivity contribution in [1.82, 2.24) is 4.90 Å². The Bertz CT molecular complexity index is 538. The van der Waals surface area contributed by atoms with E-state index in [1.165, 1.54) is 18.2 Å². The molecule has 1 atom stereocenters. The molecule has 1 aliphatic rings. The number of nitro benzene ring substituents is 1. The Morgan fingerprint density at radius 1 is 1.55 bits per heavy atom. The maximum Gasteiger partial charge on any atom is 0.283 e. The van der Waals surface area contributed by atoms with Crippen LogP contribution in [-0.2, 0) is 0 Å². The molecular weight excluding hydrogens is 348 g/mol. The SMILES string of the molecule is O=C(c1c(Cl)cccc1[N+](=O)[O-])N1CCC(CCBr)C1. The zero-order valence-corrected chi connectivity index (χ0v) is 13.1. The van der Waals surface area contributed by atoms with Crippen LogP contribution in [0.5, 0.6) is 0 Å². The number of nitrogens with zero attached hydrogens (tertiary/aromatic N) is 2. The first kappa shape index (κ1) is 15.3. The highest BCUT2D eigenvalue weighted by Gasteiger charge is 2.31. The fourth-order valence-corrected chi connectivity index (χ4v) is 3.34. The van der Waals surface area contributed by atoms with Gasteiger partial charge in [0.15, 0.2) is 0 Å². The van der Waals surface area contributed by atoms with Crippen molar-refractivity contribution in [2.24, 2.45) is 5.92 Å². The lowest BCUT2D eigenvalue weighted by Crippen LogP contribution is -2.29. The maximum atomic E-state index is 12.5. The third-order valence-electron chi connectivity index (χ3n) is 3.49. The minimum atomic E-state index is -0.564. The molecule has 5 nitrogen and oxygen atoms in total. The van der Waals surface area contributed by atoms with Gasteiger partial charge < -0.3 is 4.90 Å². The van der Waals surface area contributed by atoms with Crippen LogP contribution >= 0.6 is 27.5 Å². The minimum Gasteiger partial charge on any atom is -0.338 e. The van der Waals surface area contributed by atoms with Crippen LogP contribution in [0.3, 0.4) is 0 Å². The van der Waals surface area contributed by atoms with Gasteiger partial charge in [0.05, 0.1) is 9.95 Å². The molecule has 1 heterocycles. The summed E-state index contributed by atoms with van der Waals surface area (Å²) in [5.41, 5.74) is -0.231. The van der Waals surface area contributed by atoms with E-state index in [2.05, 4.69) is 15.9 Å². The normalized spacial score (nSPS) is 18.3. The van der Waals surface area contributed by atoms with Crippen molar-refractivity contribution in [2.45, 2.75) is 12.8 Å². The second-order valence-corrected chi connectivity index (χ2v) is 5.97. The number of hydrogen-bond acceptors (Lipinski definition) is 3. The van der Waals surface area contributed by atoms with Crippen LogP contribution in [0.15, 0.2) is 18.2 Å². The van der Waals surface area contributed by atoms with E-state index in [1.54, 1.807) is 4.90 Å². The van der Waals surface area contributed by atoms with E-state index in [9.17, 15) is 14.9 Å². The molecule has 108 valence electrons. The van der Waals surface area contributed by atoms with Gasteiger partial charge in [0.25, 0.3) is 11.6 Å². The van der Waals surface area contributed by atoms with Gasteiger partial charge in [-0.2, -0.15) is 0 Å². The summed E-state index contributed by atoms with van der Waals surface area (Å²) in [6.07, 6.45) is 1.92. The lowest BCUT2D eigenvalue weighted by molar-refractivity contribution is -0.385. The predicted molar refractivity (Wildman–Crippen MR) is 80.5 cm³/mol. The Morgan fingerprint density at radius 3 is 2.95 bits per heavy atom. The van der Waals surface area contributed by atoms with Crippen molar-refractivity contribution in [1.29, 1.82) is 0 Å². The van der Waals surface area contributed by atoms with E-state index >= 15 is 0 Å². The first-order chi connectivity index (χ1) is 9.54. The number of benzene rings is 1. The number of halogens is 2. The number of likely N-dealkylation sites (tertiary alicyclic amines) is 1. The van der Waals surface area contributed by atoms with Crippen LogP contribution < -0.4 is 0 Å². The monoisotopic (exact) mass is 360 g/mol. The molecule has 20 heavy (non-hydrogen) atoms. The molecule has 0 bridgehead atoms. The van der Waals surface area contributed by atoms with Crippen molar-refractivity contribution in [3.05, 3.63) is 38.9 Å². The smallest absolute Gasteiger partial charge is 0.283 e. The second kappa shape index (κ2) is 6.54. The fourth-order valence-electron chi connectivity index (χ4n) is 2.44. The summed E-state index contributed by atoms with van der Waals surface area (Å²) in [7, 11) is 0. The van der Waals surface area contributed by atoms with Gasteiger partial charge in [0.2, 0.25) is 0 Å². The van der Waals surface area contributed by atoms with Gasteiger partial charge >= 0.3 is 0 Å². The molecule has 0 spiro atoms. The Kier molecular flexibility index (Phi) is 4.99. The van der Waals surface area contributed by atoms with Gasteiger partial charge in [0.1, 0.15) is 5.56 Å². The number of rotatable bonds is 4. The van der Waals surface area contributed by atoms with Crippen LogP contribution in [0.25, 0.3) is 0 Å². The lowest BCUT2D eigenvalue weighted by Gasteiger charge is -2.17. The molecule has 0 aromatic heterocycles. The summed E-state index contributed by atoms with van der Waals surface area (Å²) in [6.45, 7) is 1.26. The molecule has 1 aromatic rings. The molecule has 1 fully saturated rings. The van der Waals surface area contributed by atoms with E-state index in [0.29, 0.717) is 19.0 Å². The average Bonchev–Trinajstić information content (AvgIpc) is 2.86. The summed E-state index contributed by atoms with van der Waals surface area (Å²) in [5.74, 6) is 0.0965. The molecule has 0 N–H and O–H groups in total. The Morgan fingerprint density at radius 2 is 2.30 bits per heavy atom. The Balaban J connectivity index is 2.24. The summed E-state index contributed by atoms with van der Waals surface area (Å²) in [5, 5.41) is 12.1. The lowest BCUT2D eigenvalue weighted by atomic mass is 10.1. The van der Waals surface area contributed by atoms with Crippen molar-refractivity contribution in [3.63, 3.8) is 0 Å². The number of alkyl halides is 1. The molecule has 2 rings (SSSR count). The first-order valence-corrected chi connectivity index (χ1v) is 7.82. The van der Waals surface area contributed by atoms with Crippen molar-refractivity contribution in [3.8, 4) is 0 Å². The average molecular weight is 362 g/mol.